The van der Waals surface area contributed by atoms with E-state index in [0.29, 0.717) is 5.75 Å². The number of aryl methyl sites for hydroxylation is 2. The van der Waals surface area contributed by atoms with Crippen molar-refractivity contribution in [1.29, 1.82) is 0 Å². The van der Waals surface area contributed by atoms with Crippen LogP contribution in [0.2, 0.25) is 0 Å². The van der Waals surface area contributed by atoms with E-state index in [1.165, 1.54) is 21.8 Å². The molecule has 5 rings (SSSR count). The molecule has 2 heterocycles. The van der Waals surface area contributed by atoms with Crippen LogP contribution in [-0.2, 0) is 17.3 Å². The van der Waals surface area contributed by atoms with Crippen LogP contribution >= 0.6 is 0 Å². The lowest BCUT2D eigenvalue weighted by molar-refractivity contribution is -0.137. The molecule has 1 aliphatic heterocycles. The van der Waals surface area contributed by atoms with Crippen LogP contribution < -0.4 is 4.74 Å². The van der Waals surface area contributed by atoms with E-state index in [9.17, 15) is 4.79 Å². The highest BCUT2D eigenvalue weighted by Crippen LogP contribution is 2.49. The van der Waals surface area contributed by atoms with Gasteiger partial charge >= 0.3 is 5.97 Å². The minimum absolute atomic E-state index is 0.147. The Bertz CT molecular complexity index is 1270. The minimum Gasteiger partial charge on any atom is -0.425 e. The van der Waals surface area contributed by atoms with E-state index in [1.807, 2.05) is 12.1 Å². The summed E-state index contributed by atoms with van der Waals surface area (Å²) in [7, 11) is 2.10. The van der Waals surface area contributed by atoms with Crippen LogP contribution in [0.3, 0.4) is 0 Å². The van der Waals surface area contributed by atoms with Crippen LogP contribution in [-0.4, -0.2) is 10.5 Å². The molecule has 0 spiro atoms. The van der Waals surface area contributed by atoms with E-state index < -0.39 is 5.41 Å². The summed E-state index contributed by atoms with van der Waals surface area (Å²) in [5, 5.41) is 2.40. The largest absolute Gasteiger partial charge is 0.425 e. The van der Waals surface area contributed by atoms with Crippen LogP contribution in [0.1, 0.15) is 42.9 Å². The Labute approximate surface area is 170 Å². The van der Waals surface area contributed by atoms with E-state index in [1.54, 1.807) is 0 Å². The van der Waals surface area contributed by atoms with Crippen molar-refractivity contribution in [1.82, 2.24) is 4.57 Å². The lowest BCUT2D eigenvalue weighted by Crippen LogP contribution is -2.35. The molecule has 1 atom stereocenters. The molecule has 0 radical (unpaired) electrons. The number of hydrogen-bond donors (Lipinski definition) is 0. The highest BCUT2D eigenvalue weighted by Gasteiger charge is 2.50. The number of esters is 1. The Hall–Kier alpha value is -3.07. The molecule has 0 N–H and O–H groups in total. The van der Waals surface area contributed by atoms with Crippen LogP contribution in [0.5, 0.6) is 5.75 Å². The summed E-state index contributed by atoms with van der Waals surface area (Å²) in [5.74, 6) is 0.556. The Balaban J connectivity index is 1.81. The number of para-hydroxylation sites is 1. The third-order valence-corrected chi connectivity index (χ3v) is 6.46. The predicted octanol–water partition coefficient (Wildman–Crippen LogP) is 6.04. The molecule has 0 saturated carbocycles. The maximum absolute atomic E-state index is 13.3. The first-order valence-electron chi connectivity index (χ1n) is 10.4. The van der Waals surface area contributed by atoms with E-state index >= 15 is 0 Å². The molecule has 1 aromatic heterocycles. The second-order valence-electron chi connectivity index (χ2n) is 8.21. The second kappa shape index (κ2) is 6.48. The molecule has 3 heteroatoms. The van der Waals surface area contributed by atoms with Gasteiger partial charge in [0.1, 0.15) is 11.2 Å². The van der Waals surface area contributed by atoms with Gasteiger partial charge in [0.25, 0.3) is 0 Å². The number of benzene rings is 3. The fraction of sp³-hybridized carbons (Fsp3) is 0.269. The average Bonchev–Trinajstić information content (AvgIpc) is 3.18. The minimum atomic E-state index is -0.734. The summed E-state index contributed by atoms with van der Waals surface area (Å²) in [6.07, 6.45) is 2.76. The summed E-state index contributed by atoms with van der Waals surface area (Å²) < 4.78 is 8.01. The molecule has 0 bridgehead atoms. The zero-order valence-electron chi connectivity index (χ0n) is 17.2. The smallest absolute Gasteiger partial charge is 0.326 e. The quantitative estimate of drug-likeness (QED) is 0.318. The normalized spacial score (nSPS) is 18.4. The number of ether oxygens (including phenoxy) is 1. The van der Waals surface area contributed by atoms with Gasteiger partial charge in [-0.3, -0.25) is 4.79 Å². The van der Waals surface area contributed by atoms with Crippen molar-refractivity contribution in [3.8, 4) is 5.75 Å². The van der Waals surface area contributed by atoms with Gasteiger partial charge in [0.2, 0.25) is 0 Å². The number of unbranched alkanes of at least 4 members (excludes halogenated alkanes) is 1. The maximum Gasteiger partial charge on any atom is 0.326 e. The Kier molecular flexibility index (Phi) is 4.02. The van der Waals surface area contributed by atoms with Crippen molar-refractivity contribution < 1.29 is 9.53 Å². The first-order valence-corrected chi connectivity index (χ1v) is 10.4. The number of carbonyl (C=O) groups is 1. The summed E-state index contributed by atoms with van der Waals surface area (Å²) in [4.78, 5) is 13.3. The van der Waals surface area contributed by atoms with Crippen molar-refractivity contribution in [3.63, 3.8) is 0 Å². The summed E-state index contributed by atoms with van der Waals surface area (Å²) in [6, 6.07) is 21.0. The first kappa shape index (κ1) is 18.0. The van der Waals surface area contributed by atoms with Crippen LogP contribution in [0.4, 0.5) is 0 Å². The molecule has 0 fully saturated rings. The number of aromatic nitrogens is 1. The highest BCUT2D eigenvalue weighted by molar-refractivity contribution is 6.09. The third-order valence-electron chi connectivity index (χ3n) is 6.46. The average molecular weight is 383 g/mol. The van der Waals surface area contributed by atoms with Crippen LogP contribution in [0.15, 0.2) is 60.7 Å². The molecule has 29 heavy (non-hydrogen) atoms. The van der Waals surface area contributed by atoms with Crippen molar-refractivity contribution in [2.24, 2.45) is 7.05 Å². The molecule has 3 aromatic carbocycles. The van der Waals surface area contributed by atoms with Crippen LogP contribution in [0.25, 0.3) is 21.8 Å². The number of rotatable bonds is 4. The molecule has 146 valence electrons. The van der Waals surface area contributed by atoms with E-state index in [4.69, 9.17) is 4.74 Å². The third kappa shape index (κ3) is 2.46. The zero-order chi connectivity index (χ0) is 20.2. The standard InChI is InChI=1S/C26H25NO2/c1-4-5-14-26(21-15-17(2)10-13-24(21)29-25(26)28)18-11-12-23-20(16-18)19-8-6-7-9-22(19)27(23)3/h6-13,15-16H,4-5,14H2,1-3H3. The number of hydrogen-bond acceptors (Lipinski definition) is 2. The monoisotopic (exact) mass is 383 g/mol. The van der Waals surface area contributed by atoms with E-state index in [-0.39, 0.29) is 5.97 Å². The zero-order valence-corrected chi connectivity index (χ0v) is 17.2. The molecule has 1 unspecified atom stereocenters. The fourth-order valence-corrected chi connectivity index (χ4v) is 4.89. The van der Waals surface area contributed by atoms with Crippen molar-refractivity contribution in [2.75, 3.05) is 0 Å². The van der Waals surface area contributed by atoms with Gasteiger partial charge in [0, 0.05) is 34.4 Å². The van der Waals surface area contributed by atoms with Gasteiger partial charge in [-0.05, 0) is 43.2 Å². The van der Waals surface area contributed by atoms with Gasteiger partial charge in [0.15, 0.2) is 0 Å². The van der Waals surface area contributed by atoms with Gasteiger partial charge in [0.05, 0.1) is 0 Å². The highest BCUT2D eigenvalue weighted by atomic mass is 16.5. The molecule has 0 aliphatic carbocycles. The predicted molar refractivity (Wildman–Crippen MR) is 118 cm³/mol. The Morgan fingerprint density at radius 3 is 2.59 bits per heavy atom. The van der Waals surface area contributed by atoms with Crippen molar-refractivity contribution in [2.45, 2.75) is 38.5 Å². The van der Waals surface area contributed by atoms with E-state index in [2.05, 4.69) is 74.0 Å². The summed E-state index contributed by atoms with van der Waals surface area (Å²) in [6.45, 7) is 4.24. The lowest BCUT2D eigenvalue weighted by atomic mass is 9.71. The van der Waals surface area contributed by atoms with Gasteiger partial charge < -0.3 is 9.30 Å². The molecule has 0 amide bonds. The van der Waals surface area contributed by atoms with Crippen LogP contribution in [0, 0.1) is 6.92 Å². The van der Waals surface area contributed by atoms with Gasteiger partial charge in [-0.1, -0.05) is 61.7 Å². The molecule has 4 aromatic rings. The van der Waals surface area contributed by atoms with Gasteiger partial charge in [-0.2, -0.15) is 0 Å². The lowest BCUT2D eigenvalue weighted by Gasteiger charge is -2.27. The fourth-order valence-electron chi connectivity index (χ4n) is 4.89. The number of nitrogens with zero attached hydrogens (tertiary/aromatic N) is 1. The maximum atomic E-state index is 13.3. The number of carbonyl (C=O) groups excluding carboxylic acids is 1. The molecular weight excluding hydrogens is 358 g/mol. The topological polar surface area (TPSA) is 31.2 Å². The molecule has 3 nitrogen and oxygen atoms in total. The SMILES string of the molecule is CCCCC1(c2ccc3c(c2)c2ccccc2n3C)C(=O)Oc2ccc(C)cc21. The van der Waals surface area contributed by atoms with Gasteiger partial charge in [-0.25, -0.2) is 0 Å². The number of fused-ring (bicyclic) bond motifs is 4. The molecule has 1 aliphatic rings. The first-order chi connectivity index (χ1) is 14.1. The van der Waals surface area contributed by atoms with Crippen molar-refractivity contribution >= 4 is 27.8 Å². The summed E-state index contributed by atoms with van der Waals surface area (Å²) >= 11 is 0. The second-order valence-corrected chi connectivity index (χ2v) is 8.21. The Morgan fingerprint density at radius 2 is 1.76 bits per heavy atom. The Morgan fingerprint density at radius 1 is 0.966 bits per heavy atom. The van der Waals surface area contributed by atoms with Crippen molar-refractivity contribution in [3.05, 3.63) is 77.4 Å². The van der Waals surface area contributed by atoms with Gasteiger partial charge in [-0.15, -0.1) is 0 Å². The molecular formula is C26H25NO2. The summed E-state index contributed by atoms with van der Waals surface area (Å²) in [5.41, 5.74) is 4.83. The van der Waals surface area contributed by atoms with E-state index in [0.717, 1.165) is 36.0 Å². The molecule has 0 saturated heterocycles.